The van der Waals surface area contributed by atoms with E-state index in [-0.39, 0.29) is 22.3 Å². The van der Waals surface area contributed by atoms with Crippen LogP contribution in [0.15, 0.2) is 17.8 Å². The van der Waals surface area contributed by atoms with Gasteiger partial charge in [0.15, 0.2) is 9.84 Å². The van der Waals surface area contributed by atoms with E-state index >= 15 is 0 Å². The van der Waals surface area contributed by atoms with Gasteiger partial charge in [-0.15, -0.1) is 11.3 Å². The molecule has 0 unspecified atom stereocenters. The maximum absolute atomic E-state index is 12.0. The summed E-state index contributed by atoms with van der Waals surface area (Å²) in [7, 11) is -2.92. The summed E-state index contributed by atoms with van der Waals surface area (Å²) in [6.45, 7) is 5.69. The summed E-state index contributed by atoms with van der Waals surface area (Å²) < 4.78 is 25.1. The molecule has 0 N–H and O–H groups in total. The second-order valence-electron chi connectivity index (χ2n) is 6.84. The normalized spacial score (nSPS) is 34.5. The Labute approximate surface area is 127 Å². The predicted molar refractivity (Wildman–Crippen MR) is 84.5 cm³/mol. The van der Waals surface area contributed by atoms with E-state index in [0.29, 0.717) is 0 Å². The van der Waals surface area contributed by atoms with Crippen LogP contribution in [0.25, 0.3) is 10.2 Å². The van der Waals surface area contributed by atoms with E-state index in [1.165, 1.54) is 0 Å². The molecule has 2 aliphatic rings. The first-order valence-corrected chi connectivity index (χ1v) is 9.66. The van der Waals surface area contributed by atoms with Crippen molar-refractivity contribution in [3.8, 4) is 0 Å². The zero-order valence-corrected chi connectivity index (χ0v) is 13.7. The number of rotatable bonds is 1. The van der Waals surface area contributed by atoms with Crippen molar-refractivity contribution in [1.29, 1.82) is 0 Å². The first kappa shape index (κ1) is 13.5. The van der Waals surface area contributed by atoms with Gasteiger partial charge in [0.2, 0.25) is 0 Å². The van der Waals surface area contributed by atoms with Gasteiger partial charge in [0, 0.05) is 23.9 Å². The molecule has 2 aromatic rings. The fourth-order valence-electron chi connectivity index (χ4n) is 3.89. The smallest absolute Gasteiger partial charge is 0.151 e. The van der Waals surface area contributed by atoms with Crippen molar-refractivity contribution in [1.82, 2.24) is 9.97 Å². The number of hydrogen-bond donors (Lipinski definition) is 0. The highest BCUT2D eigenvalue weighted by atomic mass is 32.2. The number of thiophene rings is 1. The van der Waals surface area contributed by atoms with Crippen LogP contribution in [0.3, 0.4) is 0 Å². The molecule has 0 saturated carbocycles. The van der Waals surface area contributed by atoms with Crippen molar-refractivity contribution in [2.24, 2.45) is 10.8 Å². The number of fused-ring (bicyclic) bond motifs is 2. The van der Waals surface area contributed by atoms with Crippen molar-refractivity contribution in [2.75, 3.05) is 29.5 Å². The Balaban J connectivity index is 1.77. The topological polar surface area (TPSA) is 63.2 Å². The lowest BCUT2D eigenvalue weighted by Gasteiger charge is -2.29. The van der Waals surface area contributed by atoms with Crippen LogP contribution < -0.4 is 4.90 Å². The van der Waals surface area contributed by atoms with E-state index in [2.05, 4.69) is 28.7 Å². The molecule has 2 atom stereocenters. The maximum Gasteiger partial charge on any atom is 0.151 e. The van der Waals surface area contributed by atoms with Gasteiger partial charge in [0.05, 0.1) is 21.7 Å². The molecule has 2 saturated heterocycles. The molecule has 0 bridgehead atoms. The molecule has 0 aromatic carbocycles. The molecule has 2 fully saturated rings. The average molecular weight is 323 g/mol. The zero-order chi connectivity index (χ0) is 14.9. The van der Waals surface area contributed by atoms with Crippen molar-refractivity contribution >= 4 is 37.2 Å². The van der Waals surface area contributed by atoms with Gasteiger partial charge in [-0.3, -0.25) is 0 Å². The summed E-state index contributed by atoms with van der Waals surface area (Å²) in [6, 6.07) is 2.00. The third-order valence-corrected chi connectivity index (χ3v) is 8.19. The number of hydrogen-bond acceptors (Lipinski definition) is 6. The fourth-order valence-corrected chi connectivity index (χ4v) is 7.68. The molecule has 4 rings (SSSR count). The van der Waals surface area contributed by atoms with Crippen molar-refractivity contribution < 1.29 is 8.42 Å². The van der Waals surface area contributed by atoms with Crippen molar-refractivity contribution in [3.63, 3.8) is 0 Å². The lowest BCUT2D eigenvalue weighted by molar-refractivity contribution is 0.212. The Morgan fingerprint density at radius 3 is 2.52 bits per heavy atom. The predicted octanol–water partition coefficient (Wildman–Crippen LogP) is 1.95. The molecule has 0 radical (unpaired) electrons. The Morgan fingerprint density at radius 2 is 1.86 bits per heavy atom. The molecule has 2 aliphatic heterocycles. The summed E-state index contributed by atoms with van der Waals surface area (Å²) in [5.41, 5.74) is 0.575. The highest BCUT2D eigenvalue weighted by Crippen LogP contribution is 2.53. The molecule has 21 heavy (non-hydrogen) atoms. The van der Waals surface area contributed by atoms with Gasteiger partial charge in [-0.25, -0.2) is 18.4 Å². The molecule has 2 aromatic heterocycles. The number of nitrogens with zero attached hydrogens (tertiary/aromatic N) is 3. The van der Waals surface area contributed by atoms with E-state index in [1.54, 1.807) is 17.7 Å². The first-order chi connectivity index (χ1) is 9.82. The first-order valence-electron chi connectivity index (χ1n) is 6.96. The molecular formula is C14H17N3O2S2. The molecule has 0 amide bonds. The highest BCUT2D eigenvalue weighted by Gasteiger charge is 2.60. The maximum atomic E-state index is 12.0. The van der Waals surface area contributed by atoms with Gasteiger partial charge in [-0.2, -0.15) is 0 Å². The second-order valence-corrected chi connectivity index (χ2v) is 9.82. The Kier molecular flexibility index (Phi) is 2.53. The minimum atomic E-state index is -2.92. The van der Waals surface area contributed by atoms with Gasteiger partial charge in [0.25, 0.3) is 0 Å². The Morgan fingerprint density at radius 1 is 1.19 bits per heavy atom. The van der Waals surface area contributed by atoms with Crippen LogP contribution in [0.5, 0.6) is 0 Å². The van der Waals surface area contributed by atoms with Gasteiger partial charge in [-0.05, 0) is 11.4 Å². The number of aromatic nitrogens is 2. The number of sulfone groups is 1. The van der Waals surface area contributed by atoms with E-state index in [0.717, 1.165) is 29.1 Å². The molecule has 4 heterocycles. The molecular weight excluding hydrogens is 306 g/mol. The minimum absolute atomic E-state index is 0.194. The Hall–Kier alpha value is -1.21. The van der Waals surface area contributed by atoms with Gasteiger partial charge in [0.1, 0.15) is 12.1 Å². The molecule has 5 nitrogen and oxygen atoms in total. The van der Waals surface area contributed by atoms with Crippen LogP contribution in [0.2, 0.25) is 0 Å². The summed E-state index contributed by atoms with van der Waals surface area (Å²) in [6.07, 6.45) is 1.60. The van der Waals surface area contributed by atoms with E-state index < -0.39 is 9.84 Å². The average Bonchev–Trinajstić information content (AvgIpc) is 2.95. The molecule has 0 aliphatic carbocycles. The summed E-state index contributed by atoms with van der Waals surface area (Å²) >= 11 is 1.64. The standard InChI is InChI=1S/C14H17N3O2S2/c1-13-5-17(6-14(13,2)8-21(18,19)7-13)12-11-10(3-4-20-11)15-9-16-12/h3-4,9H,5-8H2,1-2H3/t13-,14+. The SMILES string of the molecule is C[C@@]12CN(c3ncnc4ccsc34)C[C@]1(C)CS(=O)(=O)C2. The van der Waals surface area contributed by atoms with Gasteiger partial charge < -0.3 is 4.90 Å². The van der Waals surface area contributed by atoms with Gasteiger partial charge in [-0.1, -0.05) is 13.8 Å². The van der Waals surface area contributed by atoms with E-state index in [9.17, 15) is 8.42 Å². The molecule has 7 heteroatoms. The zero-order valence-electron chi connectivity index (χ0n) is 12.0. The summed E-state index contributed by atoms with van der Waals surface area (Å²) in [5, 5.41) is 2.02. The van der Waals surface area contributed by atoms with E-state index in [4.69, 9.17) is 0 Å². The van der Waals surface area contributed by atoms with Gasteiger partial charge >= 0.3 is 0 Å². The quantitative estimate of drug-likeness (QED) is 0.803. The van der Waals surface area contributed by atoms with Crippen LogP contribution in [0, 0.1) is 10.8 Å². The van der Waals surface area contributed by atoms with Crippen molar-refractivity contribution in [2.45, 2.75) is 13.8 Å². The van der Waals surface area contributed by atoms with Crippen molar-refractivity contribution in [3.05, 3.63) is 17.8 Å². The lowest BCUT2D eigenvalue weighted by Crippen LogP contribution is -2.34. The second kappa shape index (κ2) is 3.95. The monoisotopic (exact) mass is 323 g/mol. The largest absolute Gasteiger partial charge is 0.354 e. The minimum Gasteiger partial charge on any atom is -0.354 e. The van der Waals surface area contributed by atoms with Crippen LogP contribution in [0.4, 0.5) is 5.82 Å². The van der Waals surface area contributed by atoms with Crippen LogP contribution in [0.1, 0.15) is 13.8 Å². The molecule has 0 spiro atoms. The summed E-state index contributed by atoms with van der Waals surface area (Å²) in [5.74, 6) is 1.52. The van der Waals surface area contributed by atoms with E-state index in [1.807, 2.05) is 11.4 Å². The fraction of sp³-hybridized carbons (Fsp3) is 0.571. The summed E-state index contributed by atoms with van der Waals surface area (Å²) in [4.78, 5) is 11.0. The highest BCUT2D eigenvalue weighted by molar-refractivity contribution is 7.91. The van der Waals surface area contributed by atoms with Crippen LogP contribution in [-0.4, -0.2) is 43.0 Å². The third-order valence-electron chi connectivity index (χ3n) is 5.14. The third kappa shape index (κ3) is 1.83. The lowest BCUT2D eigenvalue weighted by atomic mass is 9.71. The van der Waals surface area contributed by atoms with Crippen LogP contribution in [-0.2, 0) is 9.84 Å². The number of anilines is 1. The van der Waals surface area contributed by atoms with Crippen LogP contribution >= 0.6 is 11.3 Å². The Bertz CT molecular complexity index is 806. The molecule has 112 valence electrons.